The van der Waals surface area contributed by atoms with Crippen LogP contribution in [0.4, 0.5) is 0 Å². The van der Waals surface area contributed by atoms with Crippen LogP contribution in [-0.2, 0) is 0 Å². The Bertz CT molecular complexity index is 316. The molecule has 0 aliphatic rings. The van der Waals surface area contributed by atoms with Crippen LogP contribution in [0.3, 0.4) is 0 Å². The molecule has 3 nitrogen and oxygen atoms in total. The van der Waals surface area contributed by atoms with E-state index in [2.05, 4.69) is 22.6 Å². The van der Waals surface area contributed by atoms with Gasteiger partial charge in [0.2, 0.25) is 0 Å². The van der Waals surface area contributed by atoms with E-state index < -0.39 is 0 Å². The van der Waals surface area contributed by atoms with E-state index in [1.54, 1.807) is 17.6 Å². The van der Waals surface area contributed by atoms with Gasteiger partial charge >= 0.3 is 0 Å². The van der Waals surface area contributed by atoms with Crippen molar-refractivity contribution in [1.29, 1.82) is 5.41 Å². The van der Waals surface area contributed by atoms with Gasteiger partial charge in [0.05, 0.1) is 5.02 Å². The second kappa shape index (κ2) is 4.06. The van der Waals surface area contributed by atoms with Gasteiger partial charge in [-0.05, 0) is 34.7 Å². The van der Waals surface area contributed by atoms with Gasteiger partial charge < -0.3 is 0 Å². The van der Waals surface area contributed by atoms with Crippen molar-refractivity contribution < 1.29 is 5.21 Å². The summed E-state index contributed by atoms with van der Waals surface area (Å²) in [6, 6.07) is 5.27. The number of amidine groups is 1. The molecule has 3 N–H and O–H groups in total. The summed E-state index contributed by atoms with van der Waals surface area (Å²) in [5.74, 6) is -0.0986. The van der Waals surface area contributed by atoms with Crippen LogP contribution in [0, 0.1) is 8.98 Å². The monoisotopic (exact) mass is 296 g/mol. The number of nitrogens with one attached hydrogen (secondary N) is 2. The minimum Gasteiger partial charge on any atom is -0.290 e. The maximum atomic E-state index is 8.47. The summed E-state index contributed by atoms with van der Waals surface area (Å²) in [7, 11) is 0. The fourth-order valence-corrected chi connectivity index (χ4v) is 1.48. The maximum Gasteiger partial charge on any atom is 0.150 e. The molecule has 0 heterocycles. The highest BCUT2D eigenvalue weighted by Gasteiger charge is 2.07. The topological polar surface area (TPSA) is 56.1 Å². The Morgan fingerprint density at radius 1 is 1.58 bits per heavy atom. The SMILES string of the molecule is N=C(NO)c1cccc(I)c1Cl. The first-order valence-corrected chi connectivity index (χ1v) is 4.55. The third-order valence-electron chi connectivity index (χ3n) is 1.33. The van der Waals surface area contributed by atoms with Crippen molar-refractivity contribution in [2.75, 3.05) is 0 Å². The summed E-state index contributed by atoms with van der Waals surface area (Å²) in [4.78, 5) is 0. The molecular formula is C7H6ClIN2O. The molecule has 0 unspecified atom stereocenters. The van der Waals surface area contributed by atoms with Crippen LogP contribution < -0.4 is 5.48 Å². The molecule has 0 amide bonds. The van der Waals surface area contributed by atoms with E-state index in [-0.39, 0.29) is 5.84 Å². The second-order valence-electron chi connectivity index (χ2n) is 2.09. The lowest BCUT2D eigenvalue weighted by Gasteiger charge is -2.04. The molecule has 0 aromatic heterocycles. The third-order valence-corrected chi connectivity index (χ3v) is 2.96. The highest BCUT2D eigenvalue weighted by Crippen LogP contribution is 2.22. The predicted molar refractivity (Wildman–Crippen MR) is 55.9 cm³/mol. The van der Waals surface area contributed by atoms with Gasteiger partial charge in [0.15, 0.2) is 5.84 Å². The molecule has 64 valence electrons. The lowest BCUT2D eigenvalue weighted by molar-refractivity contribution is 0.234. The van der Waals surface area contributed by atoms with E-state index in [1.165, 1.54) is 0 Å². The normalized spacial score (nSPS) is 9.58. The van der Waals surface area contributed by atoms with Gasteiger partial charge in [-0.2, -0.15) is 0 Å². The quantitative estimate of drug-likeness (QED) is 0.322. The number of hydrogen-bond acceptors (Lipinski definition) is 2. The molecule has 0 spiro atoms. The highest BCUT2D eigenvalue weighted by atomic mass is 127. The Labute approximate surface area is 88.3 Å². The first kappa shape index (κ1) is 9.76. The van der Waals surface area contributed by atoms with Crippen LogP contribution in [-0.4, -0.2) is 11.0 Å². The zero-order chi connectivity index (χ0) is 9.14. The minimum atomic E-state index is -0.0986. The first-order valence-electron chi connectivity index (χ1n) is 3.10. The predicted octanol–water partition coefficient (Wildman–Crippen LogP) is 2.25. The summed E-state index contributed by atoms with van der Waals surface area (Å²) in [5, 5.41) is 16.2. The first-order chi connectivity index (χ1) is 5.66. The van der Waals surface area contributed by atoms with Crippen LogP contribution in [0.15, 0.2) is 18.2 Å². The van der Waals surface area contributed by atoms with Crippen molar-refractivity contribution in [3.8, 4) is 0 Å². The molecule has 1 aromatic rings. The summed E-state index contributed by atoms with van der Waals surface area (Å²) in [5.41, 5.74) is 2.24. The molecule has 0 atom stereocenters. The Morgan fingerprint density at radius 2 is 2.25 bits per heavy atom. The molecule has 0 saturated heterocycles. The van der Waals surface area contributed by atoms with Crippen molar-refractivity contribution in [1.82, 2.24) is 5.48 Å². The minimum absolute atomic E-state index is 0.0986. The lowest BCUT2D eigenvalue weighted by Crippen LogP contribution is -2.19. The van der Waals surface area contributed by atoms with E-state index in [0.717, 1.165) is 3.57 Å². The van der Waals surface area contributed by atoms with Gasteiger partial charge in [0, 0.05) is 9.13 Å². The van der Waals surface area contributed by atoms with E-state index in [1.807, 2.05) is 6.07 Å². The number of rotatable bonds is 1. The smallest absolute Gasteiger partial charge is 0.150 e. The molecule has 0 saturated carbocycles. The van der Waals surface area contributed by atoms with Gasteiger partial charge in [-0.3, -0.25) is 16.1 Å². The average Bonchev–Trinajstić information content (AvgIpc) is 2.08. The van der Waals surface area contributed by atoms with E-state index in [0.29, 0.717) is 10.6 Å². The van der Waals surface area contributed by atoms with Crippen LogP contribution >= 0.6 is 34.2 Å². The van der Waals surface area contributed by atoms with Gasteiger partial charge in [-0.15, -0.1) is 0 Å². The largest absolute Gasteiger partial charge is 0.290 e. The van der Waals surface area contributed by atoms with Gasteiger partial charge in [-0.1, -0.05) is 17.7 Å². The van der Waals surface area contributed by atoms with E-state index in [9.17, 15) is 0 Å². The fourth-order valence-electron chi connectivity index (χ4n) is 0.757. The molecule has 0 aliphatic carbocycles. The molecule has 0 bridgehead atoms. The van der Waals surface area contributed by atoms with Crippen LogP contribution in [0.1, 0.15) is 5.56 Å². The zero-order valence-electron chi connectivity index (χ0n) is 5.94. The van der Waals surface area contributed by atoms with E-state index >= 15 is 0 Å². The highest BCUT2D eigenvalue weighted by molar-refractivity contribution is 14.1. The summed E-state index contributed by atoms with van der Waals surface area (Å²) in [6.07, 6.45) is 0. The maximum absolute atomic E-state index is 8.47. The van der Waals surface area contributed by atoms with Crippen LogP contribution in [0.25, 0.3) is 0 Å². The third kappa shape index (κ3) is 1.88. The Balaban J connectivity index is 3.16. The molecular weight excluding hydrogens is 290 g/mol. The number of benzene rings is 1. The van der Waals surface area contributed by atoms with Crippen molar-refractivity contribution in [3.63, 3.8) is 0 Å². The molecule has 12 heavy (non-hydrogen) atoms. The Kier molecular flexibility index (Phi) is 3.30. The van der Waals surface area contributed by atoms with Gasteiger partial charge in [-0.25, -0.2) is 0 Å². The van der Waals surface area contributed by atoms with Crippen molar-refractivity contribution in [3.05, 3.63) is 32.4 Å². The fraction of sp³-hybridized carbons (Fsp3) is 0. The Hall–Kier alpha value is -0.330. The summed E-state index contributed by atoms with van der Waals surface area (Å²) >= 11 is 7.93. The molecule has 1 rings (SSSR count). The van der Waals surface area contributed by atoms with Crippen molar-refractivity contribution >= 4 is 40.0 Å². The van der Waals surface area contributed by atoms with Gasteiger partial charge in [0.1, 0.15) is 0 Å². The van der Waals surface area contributed by atoms with Crippen molar-refractivity contribution in [2.45, 2.75) is 0 Å². The lowest BCUT2D eigenvalue weighted by atomic mass is 10.2. The molecule has 0 radical (unpaired) electrons. The van der Waals surface area contributed by atoms with Crippen LogP contribution in [0.5, 0.6) is 0 Å². The second-order valence-corrected chi connectivity index (χ2v) is 3.63. The standard InChI is InChI=1S/C7H6ClIN2O/c8-6-4(7(10)11-12)2-1-3-5(6)9/h1-3,12H,(H2,10,11). The zero-order valence-corrected chi connectivity index (χ0v) is 8.85. The Morgan fingerprint density at radius 3 is 2.83 bits per heavy atom. The molecule has 1 aromatic carbocycles. The van der Waals surface area contributed by atoms with Crippen LogP contribution in [0.2, 0.25) is 5.02 Å². The summed E-state index contributed by atoms with van der Waals surface area (Å²) < 4.78 is 0.853. The number of hydrogen-bond donors (Lipinski definition) is 3. The molecule has 0 fully saturated rings. The molecule has 5 heteroatoms. The van der Waals surface area contributed by atoms with Gasteiger partial charge in [0.25, 0.3) is 0 Å². The summed E-state index contributed by atoms with van der Waals surface area (Å²) in [6.45, 7) is 0. The van der Waals surface area contributed by atoms with Crippen molar-refractivity contribution in [2.24, 2.45) is 0 Å². The molecule has 0 aliphatic heterocycles. The van der Waals surface area contributed by atoms with E-state index in [4.69, 9.17) is 22.2 Å². The average molecular weight is 296 g/mol. The number of hydroxylamine groups is 1. The number of halogens is 2.